The molecule has 0 bridgehead atoms. The van der Waals surface area contributed by atoms with Gasteiger partial charge in [-0.1, -0.05) is 12.1 Å². The van der Waals surface area contributed by atoms with Crippen molar-refractivity contribution in [2.45, 2.75) is 20.0 Å². The van der Waals surface area contributed by atoms with Crippen LogP contribution in [-0.4, -0.2) is 27.9 Å². The molecule has 0 atom stereocenters. The lowest BCUT2D eigenvalue weighted by atomic mass is 10.1. The largest absolute Gasteiger partial charge is 0.451 e. The first-order valence-corrected chi connectivity index (χ1v) is 13.0. The maximum Gasteiger partial charge on any atom is 0.287 e. The molecular weight excluding hydrogens is 521 g/mol. The lowest BCUT2D eigenvalue weighted by molar-refractivity contribution is 0.0928. The van der Waals surface area contributed by atoms with Crippen LogP contribution in [0.25, 0.3) is 11.3 Å². The van der Waals surface area contributed by atoms with Gasteiger partial charge in [0.05, 0.1) is 30.2 Å². The minimum atomic E-state index is -0.427. The molecule has 0 aliphatic carbocycles. The molecule has 5 aromatic rings. The van der Waals surface area contributed by atoms with E-state index in [1.165, 1.54) is 24.3 Å². The van der Waals surface area contributed by atoms with Crippen molar-refractivity contribution in [1.29, 1.82) is 5.26 Å². The Morgan fingerprint density at radius 1 is 1.00 bits per heavy atom. The highest BCUT2D eigenvalue weighted by atomic mass is 19.1. The van der Waals surface area contributed by atoms with E-state index < -0.39 is 5.82 Å². The Morgan fingerprint density at radius 3 is 2.41 bits per heavy atom. The van der Waals surface area contributed by atoms with Crippen LogP contribution in [0.2, 0.25) is 0 Å². The number of anilines is 1. The molecule has 41 heavy (non-hydrogen) atoms. The highest BCUT2D eigenvalue weighted by Crippen LogP contribution is 2.27. The lowest BCUT2D eigenvalue weighted by Gasteiger charge is -2.24. The first-order valence-electron chi connectivity index (χ1n) is 13.0. The molecule has 0 aliphatic heterocycles. The number of hydrogen-bond donors (Lipinski definition) is 1. The maximum absolute atomic E-state index is 13.7. The third-order valence-corrected chi connectivity index (χ3v) is 6.52. The predicted molar refractivity (Wildman–Crippen MR) is 152 cm³/mol. The molecule has 0 aliphatic rings. The number of hydrogen-bond acceptors (Lipinski definition) is 5. The number of halogens is 1. The summed E-state index contributed by atoms with van der Waals surface area (Å²) in [5.41, 5.74) is 4.04. The van der Waals surface area contributed by atoms with Crippen LogP contribution in [-0.2, 0) is 13.1 Å². The topological polar surface area (TPSA) is 104 Å². The number of aromatic nitrogens is 2. The standard InChI is InChI=1S/C32H26FN5O3/c1-2-36-31(39)30-16-15-29(41-30)24-9-13-27(14-10-24)38(32(40)25-7-11-26(33)12-8-25)20-28-18-35-21-37(28)19-23-5-3-22(17-34)4-6-23/h3-16,18,21H,2,19-20H2,1H3,(H,36,39). The van der Waals surface area contributed by atoms with Gasteiger partial charge in [0, 0.05) is 36.1 Å². The average molecular weight is 548 g/mol. The van der Waals surface area contributed by atoms with Crippen molar-refractivity contribution < 1.29 is 18.4 Å². The second-order valence-corrected chi connectivity index (χ2v) is 9.29. The minimum absolute atomic E-state index is 0.202. The smallest absolute Gasteiger partial charge is 0.287 e. The number of amides is 2. The first kappa shape index (κ1) is 27.1. The van der Waals surface area contributed by atoms with E-state index in [2.05, 4.69) is 16.4 Å². The van der Waals surface area contributed by atoms with Crippen molar-refractivity contribution in [3.05, 3.63) is 131 Å². The molecule has 0 saturated heterocycles. The molecule has 0 unspecified atom stereocenters. The summed E-state index contributed by atoms with van der Waals surface area (Å²) in [6, 6.07) is 25.4. The zero-order chi connectivity index (χ0) is 28.8. The van der Waals surface area contributed by atoms with Crippen LogP contribution in [0.4, 0.5) is 10.1 Å². The number of nitrogens with zero attached hydrogens (tertiary/aromatic N) is 4. The van der Waals surface area contributed by atoms with Gasteiger partial charge in [0.25, 0.3) is 11.8 Å². The first-order chi connectivity index (χ1) is 19.9. The second-order valence-electron chi connectivity index (χ2n) is 9.29. The summed E-state index contributed by atoms with van der Waals surface area (Å²) >= 11 is 0. The average Bonchev–Trinajstić information content (AvgIpc) is 3.67. The highest BCUT2D eigenvalue weighted by Gasteiger charge is 2.21. The Labute approximate surface area is 236 Å². The van der Waals surface area contributed by atoms with Gasteiger partial charge in [-0.05, 0) is 85.3 Å². The maximum atomic E-state index is 13.7. The summed E-state index contributed by atoms with van der Waals surface area (Å²) in [4.78, 5) is 31.7. The van der Waals surface area contributed by atoms with Gasteiger partial charge < -0.3 is 19.2 Å². The van der Waals surface area contributed by atoms with Crippen LogP contribution in [0, 0.1) is 17.1 Å². The van der Waals surface area contributed by atoms with Gasteiger partial charge in [-0.2, -0.15) is 5.26 Å². The van der Waals surface area contributed by atoms with Crippen LogP contribution >= 0.6 is 0 Å². The predicted octanol–water partition coefficient (Wildman–Crippen LogP) is 5.80. The van der Waals surface area contributed by atoms with E-state index in [4.69, 9.17) is 9.68 Å². The van der Waals surface area contributed by atoms with Crippen molar-refractivity contribution in [2.24, 2.45) is 0 Å². The molecule has 8 nitrogen and oxygen atoms in total. The number of benzene rings is 3. The van der Waals surface area contributed by atoms with Gasteiger partial charge in [-0.25, -0.2) is 9.37 Å². The van der Waals surface area contributed by atoms with E-state index in [-0.39, 0.29) is 24.1 Å². The van der Waals surface area contributed by atoms with Gasteiger partial charge >= 0.3 is 0 Å². The van der Waals surface area contributed by atoms with Crippen molar-refractivity contribution in [3.63, 3.8) is 0 Å². The fourth-order valence-electron chi connectivity index (χ4n) is 4.36. The monoisotopic (exact) mass is 547 g/mol. The van der Waals surface area contributed by atoms with Gasteiger partial charge in [0.15, 0.2) is 5.76 Å². The van der Waals surface area contributed by atoms with Gasteiger partial charge in [-0.15, -0.1) is 0 Å². The van der Waals surface area contributed by atoms with Gasteiger partial charge in [-0.3, -0.25) is 9.59 Å². The third-order valence-electron chi connectivity index (χ3n) is 6.52. The van der Waals surface area contributed by atoms with E-state index in [1.54, 1.807) is 53.8 Å². The summed E-state index contributed by atoms with van der Waals surface area (Å²) in [5.74, 6) is -0.280. The fraction of sp³-hybridized carbons (Fsp3) is 0.125. The van der Waals surface area contributed by atoms with Crippen LogP contribution in [0.1, 0.15) is 44.7 Å². The number of carbonyl (C=O) groups is 2. The number of nitriles is 1. The van der Waals surface area contributed by atoms with Crippen LogP contribution < -0.4 is 10.2 Å². The molecule has 3 aromatic carbocycles. The number of carbonyl (C=O) groups excluding carboxylic acids is 2. The summed E-state index contributed by atoms with van der Waals surface area (Å²) in [6.45, 7) is 3.03. The van der Waals surface area contributed by atoms with Gasteiger partial charge in [0.1, 0.15) is 11.6 Å². The van der Waals surface area contributed by atoms with E-state index in [0.29, 0.717) is 35.7 Å². The van der Waals surface area contributed by atoms with E-state index in [0.717, 1.165) is 16.8 Å². The zero-order valence-electron chi connectivity index (χ0n) is 22.3. The molecule has 1 N–H and O–H groups in total. The van der Waals surface area contributed by atoms with E-state index >= 15 is 0 Å². The Hall–Kier alpha value is -5.49. The summed E-state index contributed by atoms with van der Waals surface area (Å²) < 4.78 is 21.3. The van der Waals surface area contributed by atoms with Crippen LogP contribution in [0.5, 0.6) is 0 Å². The zero-order valence-corrected chi connectivity index (χ0v) is 22.3. The van der Waals surface area contributed by atoms with Crippen molar-refractivity contribution in [2.75, 3.05) is 11.4 Å². The normalized spacial score (nSPS) is 10.7. The SMILES string of the molecule is CCNC(=O)c1ccc(-c2ccc(N(Cc3cncn3Cc3ccc(C#N)cc3)C(=O)c3ccc(F)cc3)cc2)o1. The number of rotatable bonds is 9. The minimum Gasteiger partial charge on any atom is -0.451 e. The summed E-state index contributed by atoms with van der Waals surface area (Å²) in [6.07, 6.45) is 3.40. The molecule has 9 heteroatoms. The quantitative estimate of drug-likeness (QED) is 0.251. The van der Waals surface area contributed by atoms with Crippen LogP contribution in [0.15, 0.2) is 102 Å². The van der Waals surface area contributed by atoms with Crippen molar-refractivity contribution in [3.8, 4) is 17.4 Å². The van der Waals surface area contributed by atoms with E-state index in [9.17, 15) is 14.0 Å². The fourth-order valence-corrected chi connectivity index (χ4v) is 4.36. The molecule has 2 amide bonds. The third kappa shape index (κ3) is 6.23. The number of furan rings is 1. The molecule has 0 saturated carbocycles. The number of nitrogens with one attached hydrogen (secondary N) is 1. The highest BCUT2D eigenvalue weighted by molar-refractivity contribution is 6.06. The molecule has 5 rings (SSSR count). The Kier molecular flexibility index (Phi) is 8.02. The molecule has 204 valence electrons. The molecule has 2 heterocycles. The van der Waals surface area contributed by atoms with Gasteiger partial charge in [0.2, 0.25) is 0 Å². The van der Waals surface area contributed by atoms with Crippen molar-refractivity contribution >= 4 is 17.5 Å². The molecule has 0 spiro atoms. The molecular formula is C32H26FN5O3. The Balaban J connectivity index is 1.43. The Morgan fingerprint density at radius 2 is 1.73 bits per heavy atom. The molecule has 0 radical (unpaired) electrons. The molecule has 2 aromatic heterocycles. The Bertz CT molecular complexity index is 1700. The summed E-state index contributed by atoms with van der Waals surface area (Å²) in [7, 11) is 0. The summed E-state index contributed by atoms with van der Waals surface area (Å²) in [5, 5.41) is 11.8. The second kappa shape index (κ2) is 12.1. The molecule has 0 fully saturated rings. The van der Waals surface area contributed by atoms with Crippen molar-refractivity contribution in [1.82, 2.24) is 14.9 Å². The van der Waals surface area contributed by atoms with E-state index in [1.807, 2.05) is 35.8 Å². The lowest BCUT2D eigenvalue weighted by Crippen LogP contribution is -2.31. The number of imidazole rings is 1. The van der Waals surface area contributed by atoms with Crippen LogP contribution in [0.3, 0.4) is 0 Å².